The Labute approximate surface area is 243 Å². The van der Waals surface area contributed by atoms with E-state index in [0.29, 0.717) is 41.3 Å². The van der Waals surface area contributed by atoms with Gasteiger partial charge < -0.3 is 15.0 Å². The molecule has 0 radical (unpaired) electrons. The minimum atomic E-state index is -3.41. The van der Waals surface area contributed by atoms with E-state index in [4.69, 9.17) is 14.8 Å². The number of ether oxygens (including phenoxy) is 1. The largest absolute Gasteiger partial charge is 0.494 e. The summed E-state index contributed by atoms with van der Waals surface area (Å²) in [7, 11) is -1.84. The number of fused-ring (bicyclic) bond motifs is 2. The fraction of sp³-hybridized carbons (Fsp3) is 0.379. The summed E-state index contributed by atoms with van der Waals surface area (Å²) in [4.78, 5) is 11.8. The summed E-state index contributed by atoms with van der Waals surface area (Å²) in [5.41, 5.74) is 4.18. The number of rotatable bonds is 10. The minimum absolute atomic E-state index is 0.322. The third-order valence-electron chi connectivity index (χ3n) is 7.92. The number of sulfonamides is 1. The van der Waals surface area contributed by atoms with Crippen LogP contribution in [0.2, 0.25) is 0 Å². The van der Waals surface area contributed by atoms with Crippen molar-refractivity contribution in [1.82, 2.24) is 34.3 Å². The van der Waals surface area contributed by atoms with Gasteiger partial charge in [-0.3, -0.25) is 9.71 Å². The standard InChI is InChI=1S/C29H33N9O3S/c1-41-27-16-20(35-42(39,40)21-7-8-21)6-9-25(27)38-26-17-24(22-19-33-37-14-5-10-31-29(22)37)32-18-23(26)28(34-38)30-11-15-36-12-3-2-4-13-36/h5-6,9-10,14,16-19,21,35H,2-4,7-8,11-13,15H2,1H3,(H,30,34). The summed E-state index contributed by atoms with van der Waals surface area (Å²) in [5.74, 6) is 1.21. The number of nitrogens with zero attached hydrogens (tertiary/aromatic N) is 7. The van der Waals surface area contributed by atoms with Gasteiger partial charge in [0.15, 0.2) is 11.5 Å². The number of anilines is 2. The molecule has 2 N–H and O–H groups in total. The highest BCUT2D eigenvalue weighted by molar-refractivity contribution is 7.93. The number of aromatic nitrogens is 6. The lowest BCUT2D eigenvalue weighted by atomic mass is 10.1. The molecule has 13 heteroatoms. The first kappa shape index (κ1) is 26.7. The Balaban J connectivity index is 1.28. The molecule has 1 saturated carbocycles. The van der Waals surface area contributed by atoms with Gasteiger partial charge in [-0.15, -0.1) is 5.10 Å². The lowest BCUT2D eigenvalue weighted by Gasteiger charge is -2.26. The molecule has 7 rings (SSSR count). The molecule has 5 heterocycles. The van der Waals surface area contributed by atoms with Crippen molar-refractivity contribution in [3.05, 3.63) is 55.1 Å². The van der Waals surface area contributed by atoms with Gasteiger partial charge in [-0.25, -0.2) is 22.6 Å². The molecule has 2 fully saturated rings. The van der Waals surface area contributed by atoms with Gasteiger partial charge in [0, 0.05) is 37.7 Å². The first-order valence-corrected chi connectivity index (χ1v) is 15.9. The van der Waals surface area contributed by atoms with Gasteiger partial charge in [0.25, 0.3) is 0 Å². The van der Waals surface area contributed by atoms with Gasteiger partial charge in [0.1, 0.15) is 11.4 Å². The second-order valence-electron chi connectivity index (χ2n) is 10.9. The molecule has 0 unspecified atom stereocenters. The number of likely N-dealkylation sites (tertiary alicyclic amines) is 1. The lowest BCUT2D eigenvalue weighted by molar-refractivity contribution is 0.237. The molecule has 42 heavy (non-hydrogen) atoms. The molecular weight excluding hydrogens is 554 g/mol. The molecule has 2 aliphatic rings. The van der Waals surface area contributed by atoms with Crippen LogP contribution in [-0.2, 0) is 10.0 Å². The van der Waals surface area contributed by atoms with Crippen molar-refractivity contribution in [3.63, 3.8) is 0 Å². The van der Waals surface area contributed by atoms with Crippen LogP contribution in [0.3, 0.4) is 0 Å². The predicted molar refractivity (Wildman–Crippen MR) is 162 cm³/mol. The SMILES string of the molecule is COc1cc(NS(=O)(=O)C2CC2)ccc1-n1nc(NCCN2CCCCC2)c2cnc(-c3cnn4cccnc34)cc21. The molecule has 1 saturated heterocycles. The number of hydrogen-bond donors (Lipinski definition) is 2. The van der Waals surface area contributed by atoms with Crippen LogP contribution in [0, 0.1) is 0 Å². The fourth-order valence-corrected chi connectivity index (χ4v) is 6.92. The summed E-state index contributed by atoms with van der Waals surface area (Å²) in [5, 5.41) is 13.5. The minimum Gasteiger partial charge on any atom is -0.494 e. The van der Waals surface area contributed by atoms with Crippen molar-refractivity contribution in [2.75, 3.05) is 43.3 Å². The van der Waals surface area contributed by atoms with Crippen molar-refractivity contribution >= 4 is 38.1 Å². The molecule has 12 nitrogen and oxygen atoms in total. The van der Waals surface area contributed by atoms with E-state index in [2.05, 4.69) is 25.0 Å². The van der Waals surface area contributed by atoms with Crippen LogP contribution in [0.1, 0.15) is 32.1 Å². The molecule has 5 aromatic rings. The summed E-state index contributed by atoms with van der Waals surface area (Å²) >= 11 is 0. The number of benzene rings is 1. The average Bonchev–Trinajstić information content (AvgIpc) is 3.71. The van der Waals surface area contributed by atoms with E-state index in [0.717, 1.165) is 48.5 Å². The molecule has 4 aromatic heterocycles. The lowest BCUT2D eigenvalue weighted by Crippen LogP contribution is -2.33. The number of hydrogen-bond acceptors (Lipinski definition) is 9. The monoisotopic (exact) mass is 587 g/mol. The number of piperidine rings is 1. The van der Waals surface area contributed by atoms with E-state index in [1.807, 2.05) is 35.3 Å². The van der Waals surface area contributed by atoms with Crippen LogP contribution in [0.5, 0.6) is 5.75 Å². The molecule has 0 atom stereocenters. The second kappa shape index (κ2) is 10.9. The van der Waals surface area contributed by atoms with Crippen LogP contribution < -0.4 is 14.8 Å². The molecule has 0 spiro atoms. The maximum Gasteiger partial charge on any atom is 0.235 e. The van der Waals surface area contributed by atoms with Crippen molar-refractivity contribution in [1.29, 1.82) is 0 Å². The first-order valence-electron chi connectivity index (χ1n) is 14.3. The van der Waals surface area contributed by atoms with Crippen LogP contribution in [0.25, 0.3) is 33.5 Å². The number of pyridine rings is 1. The van der Waals surface area contributed by atoms with Gasteiger partial charge in [-0.05, 0) is 63.0 Å². The van der Waals surface area contributed by atoms with Crippen molar-refractivity contribution in [2.24, 2.45) is 0 Å². The Morgan fingerprint density at radius 1 is 1.07 bits per heavy atom. The van der Waals surface area contributed by atoms with Gasteiger partial charge >= 0.3 is 0 Å². The molecule has 218 valence electrons. The van der Waals surface area contributed by atoms with Crippen LogP contribution in [0.4, 0.5) is 11.5 Å². The van der Waals surface area contributed by atoms with Crippen LogP contribution >= 0.6 is 0 Å². The highest BCUT2D eigenvalue weighted by Gasteiger charge is 2.35. The zero-order chi connectivity index (χ0) is 28.7. The van der Waals surface area contributed by atoms with Gasteiger partial charge in [-0.1, -0.05) is 6.42 Å². The maximum absolute atomic E-state index is 12.6. The molecular formula is C29H33N9O3S. The van der Waals surface area contributed by atoms with Crippen LogP contribution in [0.15, 0.2) is 55.1 Å². The molecule has 1 aromatic carbocycles. The second-order valence-corrected chi connectivity index (χ2v) is 12.8. The Morgan fingerprint density at radius 2 is 1.93 bits per heavy atom. The normalized spacial score (nSPS) is 16.2. The molecule has 1 aliphatic heterocycles. The highest BCUT2D eigenvalue weighted by atomic mass is 32.2. The molecule has 0 amide bonds. The molecule has 0 bridgehead atoms. The zero-order valence-corrected chi connectivity index (χ0v) is 24.2. The summed E-state index contributed by atoms with van der Waals surface area (Å²) in [6.45, 7) is 3.95. The topological polar surface area (TPSA) is 132 Å². The van der Waals surface area contributed by atoms with E-state index in [1.54, 1.807) is 36.2 Å². The van der Waals surface area contributed by atoms with Crippen molar-refractivity contribution < 1.29 is 13.2 Å². The van der Waals surface area contributed by atoms with E-state index in [-0.39, 0.29) is 5.25 Å². The van der Waals surface area contributed by atoms with Crippen molar-refractivity contribution in [2.45, 2.75) is 37.4 Å². The van der Waals surface area contributed by atoms with E-state index in [1.165, 1.54) is 19.3 Å². The Kier molecular flexibility index (Phi) is 6.90. The van der Waals surface area contributed by atoms with Crippen molar-refractivity contribution in [3.8, 4) is 22.7 Å². The quantitative estimate of drug-likeness (QED) is 0.249. The predicted octanol–water partition coefficient (Wildman–Crippen LogP) is 3.94. The third kappa shape index (κ3) is 5.13. The first-order chi connectivity index (χ1) is 20.5. The van der Waals surface area contributed by atoms with E-state index >= 15 is 0 Å². The van der Waals surface area contributed by atoms with Gasteiger partial charge in [0.05, 0.1) is 46.4 Å². The summed E-state index contributed by atoms with van der Waals surface area (Å²) < 4.78 is 37.1. The van der Waals surface area contributed by atoms with Gasteiger partial charge in [-0.2, -0.15) is 5.10 Å². The average molecular weight is 588 g/mol. The zero-order valence-electron chi connectivity index (χ0n) is 23.4. The fourth-order valence-electron chi connectivity index (χ4n) is 5.54. The van der Waals surface area contributed by atoms with E-state index in [9.17, 15) is 8.42 Å². The van der Waals surface area contributed by atoms with Crippen LogP contribution in [-0.4, -0.2) is 81.2 Å². The Hall–Kier alpha value is -4.23. The smallest absolute Gasteiger partial charge is 0.235 e. The Morgan fingerprint density at radius 3 is 2.74 bits per heavy atom. The number of nitrogens with one attached hydrogen (secondary N) is 2. The number of methoxy groups -OCH3 is 1. The highest BCUT2D eigenvalue weighted by Crippen LogP contribution is 2.35. The maximum atomic E-state index is 12.6. The molecule has 1 aliphatic carbocycles. The van der Waals surface area contributed by atoms with Gasteiger partial charge in [0.2, 0.25) is 10.0 Å². The summed E-state index contributed by atoms with van der Waals surface area (Å²) in [6.07, 6.45) is 12.3. The van der Waals surface area contributed by atoms with E-state index < -0.39 is 10.0 Å². The third-order valence-corrected chi connectivity index (χ3v) is 9.79. The summed E-state index contributed by atoms with van der Waals surface area (Å²) in [6, 6.07) is 9.07. The Bertz CT molecular complexity index is 1860.